The standard InChI is InChI=1S/C15H18BrNO/c1-9-7-10(2)15(13(16)8-9)17-12(4)14-6-5-11(3)18-14/h5-8,12,17H,1-4H3. The van der Waals surface area contributed by atoms with Gasteiger partial charge < -0.3 is 9.73 Å². The molecule has 2 nitrogen and oxygen atoms in total. The van der Waals surface area contributed by atoms with Crippen molar-refractivity contribution < 1.29 is 4.42 Å². The van der Waals surface area contributed by atoms with Crippen molar-refractivity contribution in [2.45, 2.75) is 33.7 Å². The lowest BCUT2D eigenvalue weighted by Crippen LogP contribution is -2.07. The van der Waals surface area contributed by atoms with Crippen molar-refractivity contribution >= 4 is 21.6 Å². The summed E-state index contributed by atoms with van der Waals surface area (Å²) < 4.78 is 6.74. The van der Waals surface area contributed by atoms with Crippen molar-refractivity contribution in [3.8, 4) is 0 Å². The summed E-state index contributed by atoms with van der Waals surface area (Å²) in [6.07, 6.45) is 0. The highest BCUT2D eigenvalue weighted by atomic mass is 79.9. The molecule has 0 aliphatic rings. The van der Waals surface area contributed by atoms with E-state index in [0.29, 0.717) is 0 Å². The lowest BCUT2D eigenvalue weighted by Gasteiger charge is -2.17. The van der Waals surface area contributed by atoms with E-state index in [9.17, 15) is 0 Å². The van der Waals surface area contributed by atoms with Gasteiger partial charge >= 0.3 is 0 Å². The summed E-state index contributed by atoms with van der Waals surface area (Å²) in [5.74, 6) is 1.90. The molecule has 0 radical (unpaired) electrons. The number of hydrogen-bond donors (Lipinski definition) is 1. The van der Waals surface area contributed by atoms with Crippen LogP contribution in [0.15, 0.2) is 33.2 Å². The number of rotatable bonds is 3. The Kier molecular flexibility index (Phi) is 3.81. The third-order valence-electron chi connectivity index (χ3n) is 2.98. The fourth-order valence-electron chi connectivity index (χ4n) is 2.07. The normalized spacial score (nSPS) is 12.5. The summed E-state index contributed by atoms with van der Waals surface area (Å²) >= 11 is 3.61. The predicted molar refractivity (Wildman–Crippen MR) is 79.1 cm³/mol. The Labute approximate surface area is 117 Å². The number of hydrogen-bond acceptors (Lipinski definition) is 2. The fraction of sp³-hybridized carbons (Fsp3) is 0.333. The van der Waals surface area contributed by atoms with Crippen LogP contribution in [-0.4, -0.2) is 0 Å². The lowest BCUT2D eigenvalue weighted by molar-refractivity contribution is 0.467. The highest BCUT2D eigenvalue weighted by Crippen LogP contribution is 2.31. The summed E-state index contributed by atoms with van der Waals surface area (Å²) in [6, 6.07) is 8.45. The van der Waals surface area contributed by atoms with E-state index in [1.807, 2.05) is 19.1 Å². The highest BCUT2D eigenvalue weighted by molar-refractivity contribution is 9.10. The maximum atomic E-state index is 5.64. The van der Waals surface area contributed by atoms with Crippen LogP contribution in [0.5, 0.6) is 0 Å². The molecule has 3 heteroatoms. The molecule has 0 fully saturated rings. The Hall–Kier alpha value is -1.22. The van der Waals surface area contributed by atoms with Crippen LogP contribution in [0, 0.1) is 20.8 Å². The zero-order chi connectivity index (χ0) is 13.3. The van der Waals surface area contributed by atoms with Crippen LogP contribution in [0.3, 0.4) is 0 Å². The van der Waals surface area contributed by atoms with Gasteiger partial charge in [0.15, 0.2) is 0 Å². The third-order valence-corrected chi connectivity index (χ3v) is 3.61. The number of benzene rings is 1. The first kappa shape index (κ1) is 13.2. The van der Waals surface area contributed by atoms with Crippen LogP contribution < -0.4 is 5.32 Å². The molecule has 2 aromatic rings. The lowest BCUT2D eigenvalue weighted by atomic mass is 10.1. The van der Waals surface area contributed by atoms with Crippen molar-refractivity contribution in [1.82, 2.24) is 0 Å². The summed E-state index contributed by atoms with van der Waals surface area (Å²) in [6.45, 7) is 8.27. The van der Waals surface area contributed by atoms with Gasteiger partial charge in [0.05, 0.1) is 11.7 Å². The van der Waals surface area contributed by atoms with Crippen molar-refractivity contribution in [2.75, 3.05) is 5.32 Å². The van der Waals surface area contributed by atoms with E-state index in [0.717, 1.165) is 21.7 Å². The monoisotopic (exact) mass is 307 g/mol. The molecule has 1 unspecified atom stereocenters. The van der Waals surface area contributed by atoms with Gasteiger partial charge in [-0.05, 0) is 73.0 Å². The highest BCUT2D eigenvalue weighted by Gasteiger charge is 2.12. The molecule has 0 spiro atoms. The number of aryl methyl sites for hydroxylation is 3. The van der Waals surface area contributed by atoms with Crippen LogP contribution >= 0.6 is 15.9 Å². The van der Waals surface area contributed by atoms with E-state index < -0.39 is 0 Å². The summed E-state index contributed by atoms with van der Waals surface area (Å²) in [7, 11) is 0. The molecule has 18 heavy (non-hydrogen) atoms. The molecule has 1 heterocycles. The topological polar surface area (TPSA) is 25.2 Å². The first-order chi connectivity index (χ1) is 8.47. The zero-order valence-corrected chi connectivity index (χ0v) is 12.8. The van der Waals surface area contributed by atoms with Gasteiger partial charge in [0, 0.05) is 4.47 Å². The second-order valence-corrected chi connectivity index (χ2v) is 5.61. The van der Waals surface area contributed by atoms with Crippen molar-refractivity contribution in [2.24, 2.45) is 0 Å². The fourth-order valence-corrected chi connectivity index (χ4v) is 2.86. The quantitative estimate of drug-likeness (QED) is 0.849. The number of furan rings is 1. The van der Waals surface area contributed by atoms with E-state index in [2.05, 4.69) is 54.2 Å². The Morgan fingerprint density at radius 1 is 1.17 bits per heavy atom. The van der Waals surface area contributed by atoms with E-state index in [-0.39, 0.29) is 6.04 Å². The molecule has 0 saturated heterocycles. The van der Waals surface area contributed by atoms with Gasteiger partial charge in [-0.1, -0.05) is 6.07 Å². The van der Waals surface area contributed by atoms with Gasteiger partial charge in [-0.25, -0.2) is 0 Å². The van der Waals surface area contributed by atoms with E-state index >= 15 is 0 Å². The van der Waals surface area contributed by atoms with E-state index in [4.69, 9.17) is 4.42 Å². The molecular weight excluding hydrogens is 290 g/mol. The molecule has 1 atom stereocenters. The largest absolute Gasteiger partial charge is 0.464 e. The molecule has 1 N–H and O–H groups in total. The molecule has 0 amide bonds. The molecular formula is C15H18BrNO. The van der Waals surface area contributed by atoms with Crippen LogP contribution in [0.2, 0.25) is 0 Å². The molecule has 2 rings (SSSR count). The van der Waals surface area contributed by atoms with Gasteiger partial charge in [-0.2, -0.15) is 0 Å². The second kappa shape index (κ2) is 5.19. The molecule has 96 valence electrons. The van der Waals surface area contributed by atoms with Gasteiger partial charge in [0.25, 0.3) is 0 Å². The minimum Gasteiger partial charge on any atom is -0.464 e. The zero-order valence-electron chi connectivity index (χ0n) is 11.2. The SMILES string of the molecule is Cc1cc(C)c(NC(C)c2ccc(C)o2)c(Br)c1. The molecule has 0 bridgehead atoms. The van der Waals surface area contributed by atoms with Gasteiger partial charge in [-0.15, -0.1) is 0 Å². The molecule has 1 aromatic heterocycles. The van der Waals surface area contributed by atoms with Crippen molar-refractivity contribution in [3.63, 3.8) is 0 Å². The maximum Gasteiger partial charge on any atom is 0.126 e. The average Bonchev–Trinajstić information content (AvgIpc) is 2.70. The van der Waals surface area contributed by atoms with E-state index in [1.165, 1.54) is 11.1 Å². The maximum absolute atomic E-state index is 5.64. The minimum absolute atomic E-state index is 0.149. The summed E-state index contributed by atoms with van der Waals surface area (Å²) in [5, 5.41) is 3.49. The predicted octanol–water partition coefficient (Wildman–Crippen LogP) is 5.14. The number of anilines is 1. The summed E-state index contributed by atoms with van der Waals surface area (Å²) in [5.41, 5.74) is 3.62. The van der Waals surface area contributed by atoms with E-state index in [1.54, 1.807) is 0 Å². The molecule has 0 aliphatic heterocycles. The van der Waals surface area contributed by atoms with Crippen LogP contribution in [-0.2, 0) is 0 Å². The van der Waals surface area contributed by atoms with Crippen LogP contribution in [0.4, 0.5) is 5.69 Å². The van der Waals surface area contributed by atoms with Gasteiger partial charge in [0.1, 0.15) is 11.5 Å². The first-order valence-electron chi connectivity index (χ1n) is 6.07. The number of halogens is 1. The number of nitrogens with one attached hydrogen (secondary N) is 1. The second-order valence-electron chi connectivity index (χ2n) is 4.75. The molecule has 0 aliphatic carbocycles. The van der Waals surface area contributed by atoms with Crippen molar-refractivity contribution in [3.05, 3.63) is 51.4 Å². The smallest absolute Gasteiger partial charge is 0.126 e. The molecule has 0 saturated carbocycles. The van der Waals surface area contributed by atoms with Gasteiger partial charge in [0.2, 0.25) is 0 Å². The molecule has 1 aromatic carbocycles. The third kappa shape index (κ3) is 2.78. The minimum atomic E-state index is 0.149. The van der Waals surface area contributed by atoms with Crippen molar-refractivity contribution in [1.29, 1.82) is 0 Å². The van der Waals surface area contributed by atoms with Crippen LogP contribution in [0.25, 0.3) is 0 Å². The first-order valence-corrected chi connectivity index (χ1v) is 6.86. The average molecular weight is 308 g/mol. The van der Waals surface area contributed by atoms with Crippen LogP contribution in [0.1, 0.15) is 35.6 Å². The van der Waals surface area contributed by atoms with Gasteiger partial charge in [-0.3, -0.25) is 0 Å². The Morgan fingerprint density at radius 2 is 1.89 bits per heavy atom. The Bertz CT molecular complexity index is 536. The Balaban J connectivity index is 2.24. The summed E-state index contributed by atoms with van der Waals surface area (Å²) in [4.78, 5) is 0. The Morgan fingerprint density at radius 3 is 2.44 bits per heavy atom.